The van der Waals surface area contributed by atoms with Gasteiger partial charge in [-0.3, -0.25) is 4.79 Å². The van der Waals surface area contributed by atoms with Crippen LogP contribution in [-0.2, 0) is 32.5 Å². The number of nitrogens with zero attached hydrogens (tertiary/aromatic N) is 2. The van der Waals surface area contributed by atoms with Crippen LogP contribution in [0.4, 0.5) is 10.5 Å². The van der Waals surface area contributed by atoms with E-state index < -0.39 is 15.6 Å². The molecular formula is C19H27N3O5S. The van der Waals surface area contributed by atoms with Crippen molar-refractivity contribution in [1.29, 1.82) is 0 Å². The van der Waals surface area contributed by atoms with E-state index in [0.29, 0.717) is 25.3 Å². The van der Waals surface area contributed by atoms with Crippen molar-refractivity contribution >= 4 is 27.7 Å². The molecule has 2 aliphatic heterocycles. The highest BCUT2D eigenvalue weighted by molar-refractivity contribution is 7.89. The summed E-state index contributed by atoms with van der Waals surface area (Å²) in [5.74, 6) is -0.628. The highest BCUT2D eigenvalue weighted by Crippen LogP contribution is 2.30. The van der Waals surface area contributed by atoms with E-state index in [4.69, 9.17) is 9.88 Å². The highest BCUT2D eigenvalue weighted by atomic mass is 32.2. The first kappa shape index (κ1) is 20.6. The van der Waals surface area contributed by atoms with Crippen molar-refractivity contribution in [3.8, 4) is 0 Å². The molecule has 0 aliphatic carbocycles. The van der Waals surface area contributed by atoms with E-state index in [1.165, 1.54) is 0 Å². The van der Waals surface area contributed by atoms with Gasteiger partial charge in [-0.25, -0.2) is 18.4 Å². The van der Waals surface area contributed by atoms with Gasteiger partial charge in [0.1, 0.15) is 5.60 Å². The number of hydrogen-bond acceptors (Lipinski definition) is 5. The standard InChI is InChI=1S/C19H27N3O5S/c1-19(2,3)27-18(24)21-7-6-14-4-5-16(9-15(14)11-21)22-10-13(8-17(22)23)12-28(20,25)26/h4-5,9,13H,6-8,10-12H2,1-3H3,(H2,20,25,26). The van der Waals surface area contributed by atoms with Crippen LogP contribution in [0.15, 0.2) is 18.2 Å². The molecule has 3 rings (SSSR count). The maximum absolute atomic E-state index is 12.4. The SMILES string of the molecule is CC(C)(C)OC(=O)N1CCc2ccc(N3CC(CS(N)(=O)=O)CC3=O)cc2C1. The predicted octanol–water partition coefficient (Wildman–Crippen LogP) is 1.62. The van der Waals surface area contributed by atoms with Gasteiger partial charge in [0.15, 0.2) is 0 Å². The quantitative estimate of drug-likeness (QED) is 0.816. The third-order valence-corrected chi connectivity index (χ3v) is 5.77. The van der Waals surface area contributed by atoms with Crippen LogP contribution in [0.25, 0.3) is 0 Å². The average Bonchev–Trinajstić information content (AvgIpc) is 2.90. The first-order valence-corrected chi connectivity index (χ1v) is 11.0. The molecule has 2 N–H and O–H groups in total. The van der Waals surface area contributed by atoms with E-state index in [1.54, 1.807) is 9.80 Å². The van der Waals surface area contributed by atoms with Crippen LogP contribution in [0.1, 0.15) is 38.3 Å². The van der Waals surface area contributed by atoms with Crippen LogP contribution in [0, 0.1) is 5.92 Å². The monoisotopic (exact) mass is 409 g/mol. The number of fused-ring (bicyclic) bond motifs is 1. The van der Waals surface area contributed by atoms with Gasteiger partial charge in [-0.1, -0.05) is 6.07 Å². The van der Waals surface area contributed by atoms with Crippen LogP contribution in [0.3, 0.4) is 0 Å². The number of ether oxygens (including phenoxy) is 1. The Balaban J connectivity index is 1.74. The topological polar surface area (TPSA) is 110 Å². The summed E-state index contributed by atoms with van der Waals surface area (Å²) in [5, 5.41) is 5.12. The molecule has 0 saturated carbocycles. The Hall–Kier alpha value is -2.13. The molecule has 2 aliphatic rings. The van der Waals surface area contributed by atoms with Crippen molar-refractivity contribution in [3.63, 3.8) is 0 Å². The third-order valence-electron chi connectivity index (χ3n) is 4.84. The molecule has 0 bridgehead atoms. The van der Waals surface area contributed by atoms with Crippen LogP contribution in [-0.4, -0.2) is 49.8 Å². The number of sulfonamides is 1. The summed E-state index contributed by atoms with van der Waals surface area (Å²) < 4.78 is 28.1. The van der Waals surface area contributed by atoms with Crippen molar-refractivity contribution < 1.29 is 22.7 Å². The number of hydrogen-bond donors (Lipinski definition) is 1. The number of nitrogens with two attached hydrogens (primary N) is 1. The summed E-state index contributed by atoms with van der Waals surface area (Å²) in [4.78, 5) is 28.0. The summed E-state index contributed by atoms with van der Waals surface area (Å²) >= 11 is 0. The van der Waals surface area contributed by atoms with Gasteiger partial charge in [0.05, 0.1) is 5.75 Å². The molecule has 0 spiro atoms. The molecule has 2 amide bonds. The second-order valence-electron chi connectivity index (χ2n) is 8.51. The van der Waals surface area contributed by atoms with Crippen LogP contribution in [0.2, 0.25) is 0 Å². The van der Waals surface area contributed by atoms with Crippen molar-refractivity contribution in [3.05, 3.63) is 29.3 Å². The van der Waals surface area contributed by atoms with Gasteiger partial charge in [-0.05, 0) is 50.5 Å². The van der Waals surface area contributed by atoms with E-state index >= 15 is 0 Å². The highest BCUT2D eigenvalue weighted by Gasteiger charge is 2.33. The van der Waals surface area contributed by atoms with Crippen molar-refractivity contribution in [2.24, 2.45) is 11.1 Å². The predicted molar refractivity (Wildman–Crippen MR) is 105 cm³/mol. The van der Waals surface area contributed by atoms with E-state index in [-0.39, 0.29) is 30.1 Å². The van der Waals surface area contributed by atoms with Crippen molar-refractivity contribution in [2.75, 3.05) is 23.7 Å². The van der Waals surface area contributed by atoms with Gasteiger partial charge in [0, 0.05) is 37.7 Å². The Morgan fingerprint density at radius 1 is 1.29 bits per heavy atom. The lowest BCUT2D eigenvalue weighted by Crippen LogP contribution is -2.40. The minimum atomic E-state index is -3.62. The molecule has 1 saturated heterocycles. The first-order chi connectivity index (χ1) is 12.9. The third kappa shape index (κ3) is 5.02. The fourth-order valence-corrected chi connectivity index (χ4v) is 4.55. The van der Waals surface area contributed by atoms with Crippen molar-refractivity contribution in [2.45, 2.75) is 45.8 Å². The van der Waals surface area contributed by atoms with Gasteiger partial charge in [0.25, 0.3) is 0 Å². The minimum Gasteiger partial charge on any atom is -0.444 e. The lowest BCUT2D eigenvalue weighted by atomic mass is 9.99. The largest absolute Gasteiger partial charge is 0.444 e. The van der Waals surface area contributed by atoms with Gasteiger partial charge >= 0.3 is 6.09 Å². The maximum atomic E-state index is 12.4. The van der Waals surface area contributed by atoms with E-state index in [1.807, 2.05) is 39.0 Å². The summed E-state index contributed by atoms with van der Waals surface area (Å²) in [6, 6.07) is 5.75. The second kappa shape index (κ2) is 7.36. The van der Waals surface area contributed by atoms with Crippen LogP contribution < -0.4 is 10.0 Å². The molecule has 0 radical (unpaired) electrons. The molecule has 1 fully saturated rings. The fraction of sp³-hybridized carbons (Fsp3) is 0.579. The molecule has 9 heteroatoms. The van der Waals surface area contributed by atoms with Crippen LogP contribution in [0.5, 0.6) is 0 Å². The van der Waals surface area contributed by atoms with Crippen LogP contribution >= 0.6 is 0 Å². The van der Waals surface area contributed by atoms with Gasteiger partial charge < -0.3 is 14.5 Å². The normalized spacial score (nSPS) is 20.3. The molecule has 0 aromatic heterocycles. The first-order valence-electron chi connectivity index (χ1n) is 9.32. The number of benzene rings is 1. The molecule has 8 nitrogen and oxygen atoms in total. The Morgan fingerprint density at radius 2 is 2.00 bits per heavy atom. The zero-order chi connectivity index (χ0) is 20.7. The summed E-state index contributed by atoms with van der Waals surface area (Å²) in [7, 11) is -3.62. The number of amides is 2. The Kier molecular flexibility index (Phi) is 5.42. The van der Waals surface area contributed by atoms with E-state index in [9.17, 15) is 18.0 Å². The number of carbonyl (C=O) groups is 2. The molecule has 2 heterocycles. The lowest BCUT2D eigenvalue weighted by Gasteiger charge is -2.32. The number of primary sulfonamides is 1. The zero-order valence-electron chi connectivity index (χ0n) is 16.5. The molecule has 1 atom stereocenters. The number of rotatable bonds is 3. The second-order valence-corrected chi connectivity index (χ2v) is 10.2. The molecule has 1 aromatic carbocycles. The Morgan fingerprint density at radius 3 is 2.64 bits per heavy atom. The number of anilines is 1. The summed E-state index contributed by atoms with van der Waals surface area (Å²) in [6.45, 7) is 6.82. The molecular weight excluding hydrogens is 382 g/mol. The molecule has 28 heavy (non-hydrogen) atoms. The van der Waals surface area contributed by atoms with Gasteiger partial charge in [0.2, 0.25) is 15.9 Å². The lowest BCUT2D eigenvalue weighted by molar-refractivity contribution is -0.117. The van der Waals surface area contributed by atoms with E-state index in [2.05, 4.69) is 0 Å². The fourth-order valence-electron chi connectivity index (χ4n) is 3.66. The van der Waals surface area contributed by atoms with E-state index in [0.717, 1.165) is 17.5 Å². The molecule has 1 aromatic rings. The summed E-state index contributed by atoms with van der Waals surface area (Å²) in [5.41, 5.74) is 2.26. The average molecular weight is 410 g/mol. The maximum Gasteiger partial charge on any atom is 0.410 e. The smallest absolute Gasteiger partial charge is 0.410 e. The Labute approximate surface area is 165 Å². The molecule has 1 unspecified atom stereocenters. The minimum absolute atomic E-state index is 0.117. The molecule has 154 valence electrons. The van der Waals surface area contributed by atoms with Gasteiger partial charge in [-0.15, -0.1) is 0 Å². The van der Waals surface area contributed by atoms with Crippen molar-refractivity contribution in [1.82, 2.24) is 4.90 Å². The number of carbonyl (C=O) groups excluding carboxylic acids is 2. The summed E-state index contributed by atoms with van der Waals surface area (Å²) in [6.07, 6.45) is 0.531. The van der Waals surface area contributed by atoms with Gasteiger partial charge in [-0.2, -0.15) is 0 Å². The zero-order valence-corrected chi connectivity index (χ0v) is 17.3. The Bertz CT molecular complexity index is 891.